The molecule has 182 valence electrons. The summed E-state index contributed by atoms with van der Waals surface area (Å²) < 4.78 is 72.6. The smallest absolute Gasteiger partial charge is 0.425 e. The van der Waals surface area contributed by atoms with Crippen LogP contribution in [0.5, 0.6) is 5.75 Å². The summed E-state index contributed by atoms with van der Waals surface area (Å²) in [5.74, 6) is -3.18. The summed E-state index contributed by atoms with van der Waals surface area (Å²) in [6, 6.07) is 4.71. The van der Waals surface area contributed by atoms with Gasteiger partial charge in [0.05, 0.1) is 22.5 Å². The third kappa shape index (κ3) is 4.77. The molecule has 1 aliphatic rings. The number of aromatic nitrogens is 3. The Kier molecular flexibility index (Phi) is 6.38. The van der Waals surface area contributed by atoms with Gasteiger partial charge in [-0.15, -0.1) is 0 Å². The van der Waals surface area contributed by atoms with Crippen molar-refractivity contribution in [1.29, 1.82) is 5.26 Å². The van der Waals surface area contributed by atoms with Gasteiger partial charge in [-0.3, -0.25) is 4.79 Å². The lowest BCUT2D eigenvalue weighted by Gasteiger charge is -2.28. The van der Waals surface area contributed by atoms with Crippen molar-refractivity contribution in [3.05, 3.63) is 69.6 Å². The van der Waals surface area contributed by atoms with Gasteiger partial charge in [0, 0.05) is 37.3 Å². The molecule has 2 aromatic heterocycles. The highest BCUT2D eigenvalue weighted by atomic mass is 35.5. The monoisotopic (exact) mass is 511 g/mol. The number of carbonyl (C=O) groups is 1. The Morgan fingerprint density at radius 3 is 2.71 bits per heavy atom. The molecule has 7 nitrogen and oxygen atoms in total. The summed E-state index contributed by atoms with van der Waals surface area (Å²) in [6.45, 7) is 0.868. The Hall–Kier alpha value is -3.72. The van der Waals surface area contributed by atoms with Crippen LogP contribution in [-0.2, 0) is 13.0 Å². The maximum Gasteiger partial charge on any atom is 0.425 e. The van der Waals surface area contributed by atoms with E-state index in [0.717, 1.165) is 23.9 Å². The standard InChI is InChI=1S/C22H15ClF5N5O2/c1-11(22(26,27)28)35-17-3-2-12(7-29)19(23)18(17)21(34)32-5-4-16-13(9-32)10-33(31-16)20-15(25)6-14(24)8-30-20/h2-3,6,8,10-11H,4-5,9H2,1H3. The number of hydrogen-bond donors (Lipinski definition) is 0. The molecule has 0 aliphatic carbocycles. The minimum absolute atomic E-state index is 0.0294. The molecule has 0 radical (unpaired) electrons. The van der Waals surface area contributed by atoms with Crippen molar-refractivity contribution in [3.63, 3.8) is 0 Å². The van der Waals surface area contributed by atoms with E-state index in [4.69, 9.17) is 16.3 Å². The number of hydrogen-bond acceptors (Lipinski definition) is 5. The molecule has 0 N–H and O–H groups in total. The summed E-state index contributed by atoms with van der Waals surface area (Å²) >= 11 is 6.21. The molecule has 1 aliphatic heterocycles. The average Bonchev–Trinajstić information content (AvgIpc) is 3.21. The Labute approximate surface area is 200 Å². The third-order valence-corrected chi connectivity index (χ3v) is 5.74. The van der Waals surface area contributed by atoms with Gasteiger partial charge in [-0.05, 0) is 19.1 Å². The lowest BCUT2D eigenvalue weighted by atomic mass is 10.0. The number of fused-ring (bicyclic) bond motifs is 1. The predicted octanol–water partition coefficient (Wildman–Crippen LogP) is 4.60. The van der Waals surface area contributed by atoms with E-state index < -0.39 is 35.6 Å². The van der Waals surface area contributed by atoms with Gasteiger partial charge in [0.2, 0.25) is 0 Å². The van der Waals surface area contributed by atoms with Crippen LogP contribution in [0.3, 0.4) is 0 Å². The van der Waals surface area contributed by atoms with Crippen LogP contribution >= 0.6 is 11.6 Å². The molecule has 4 rings (SSSR count). The van der Waals surface area contributed by atoms with Crippen LogP contribution < -0.4 is 4.74 Å². The van der Waals surface area contributed by atoms with Gasteiger partial charge in [0.15, 0.2) is 17.7 Å². The van der Waals surface area contributed by atoms with Crippen LogP contribution in [-0.4, -0.2) is 44.4 Å². The fourth-order valence-electron chi connectivity index (χ4n) is 3.53. The van der Waals surface area contributed by atoms with Gasteiger partial charge in [-0.1, -0.05) is 11.6 Å². The molecular formula is C22H15ClF5N5O2. The SMILES string of the molecule is CC(Oc1ccc(C#N)c(Cl)c1C(=O)N1CCc2nn(-c3ncc(F)cc3F)cc2C1)C(F)(F)F. The highest BCUT2D eigenvalue weighted by Gasteiger charge is 2.39. The molecule has 13 heteroatoms. The van der Waals surface area contributed by atoms with Crippen molar-refractivity contribution < 1.29 is 31.5 Å². The predicted molar refractivity (Wildman–Crippen MR) is 112 cm³/mol. The van der Waals surface area contributed by atoms with Gasteiger partial charge in [0.1, 0.15) is 23.2 Å². The van der Waals surface area contributed by atoms with Gasteiger partial charge in [0.25, 0.3) is 5.91 Å². The average molecular weight is 512 g/mol. The summed E-state index contributed by atoms with van der Waals surface area (Å²) in [6.07, 6.45) is -4.43. The Balaban J connectivity index is 1.65. The first kappa shape index (κ1) is 24.4. The molecule has 0 saturated heterocycles. The summed E-state index contributed by atoms with van der Waals surface area (Å²) in [5.41, 5.74) is 0.585. The van der Waals surface area contributed by atoms with E-state index >= 15 is 0 Å². The summed E-state index contributed by atoms with van der Waals surface area (Å²) in [7, 11) is 0. The van der Waals surface area contributed by atoms with Crippen LogP contribution in [0.15, 0.2) is 30.6 Å². The van der Waals surface area contributed by atoms with Crippen molar-refractivity contribution in [2.45, 2.75) is 32.2 Å². The van der Waals surface area contributed by atoms with E-state index in [-0.39, 0.29) is 41.5 Å². The Morgan fingerprint density at radius 1 is 1.31 bits per heavy atom. The lowest BCUT2D eigenvalue weighted by molar-refractivity contribution is -0.189. The number of alkyl halides is 3. The second-order valence-electron chi connectivity index (χ2n) is 7.70. The number of ether oxygens (including phenoxy) is 1. The first-order valence-corrected chi connectivity index (χ1v) is 10.5. The topological polar surface area (TPSA) is 84.0 Å². The highest BCUT2D eigenvalue weighted by molar-refractivity contribution is 6.35. The molecule has 1 aromatic carbocycles. The number of pyridine rings is 1. The zero-order valence-corrected chi connectivity index (χ0v) is 18.7. The summed E-state index contributed by atoms with van der Waals surface area (Å²) in [5, 5.41) is 13.2. The second-order valence-corrected chi connectivity index (χ2v) is 8.07. The van der Waals surface area contributed by atoms with Gasteiger partial charge < -0.3 is 9.64 Å². The second kappa shape index (κ2) is 9.14. The molecular weight excluding hydrogens is 497 g/mol. The number of benzene rings is 1. The minimum atomic E-state index is -4.70. The van der Waals surface area contributed by atoms with Crippen LogP contribution in [0.2, 0.25) is 5.02 Å². The molecule has 0 saturated carbocycles. The molecule has 3 heterocycles. The van der Waals surface area contributed by atoms with E-state index in [9.17, 15) is 32.0 Å². The quantitative estimate of drug-likeness (QED) is 0.478. The molecule has 1 atom stereocenters. The van der Waals surface area contributed by atoms with Crippen LogP contribution in [0.4, 0.5) is 22.0 Å². The highest BCUT2D eigenvalue weighted by Crippen LogP contribution is 2.35. The number of nitriles is 1. The number of halogens is 6. The molecule has 0 fully saturated rings. The van der Waals surface area contributed by atoms with Crippen LogP contribution in [0.1, 0.15) is 34.1 Å². The third-order valence-electron chi connectivity index (χ3n) is 5.35. The van der Waals surface area contributed by atoms with E-state index in [0.29, 0.717) is 17.3 Å². The molecule has 1 unspecified atom stereocenters. The van der Waals surface area contributed by atoms with Crippen molar-refractivity contribution in [2.24, 2.45) is 0 Å². The van der Waals surface area contributed by atoms with E-state index in [1.165, 1.54) is 17.2 Å². The van der Waals surface area contributed by atoms with Gasteiger partial charge in [-0.2, -0.15) is 23.5 Å². The fourth-order valence-corrected chi connectivity index (χ4v) is 3.81. The number of carbonyl (C=O) groups excluding carboxylic acids is 1. The molecule has 0 bridgehead atoms. The Bertz CT molecular complexity index is 1350. The van der Waals surface area contributed by atoms with Crippen LogP contribution in [0.25, 0.3) is 5.82 Å². The molecule has 1 amide bonds. The normalized spacial score (nSPS) is 14.3. The Morgan fingerprint density at radius 2 is 2.06 bits per heavy atom. The van der Waals surface area contributed by atoms with E-state index in [2.05, 4.69) is 10.1 Å². The molecule has 35 heavy (non-hydrogen) atoms. The van der Waals surface area contributed by atoms with Crippen molar-refractivity contribution in [1.82, 2.24) is 19.7 Å². The van der Waals surface area contributed by atoms with Crippen molar-refractivity contribution >= 4 is 17.5 Å². The zero-order valence-electron chi connectivity index (χ0n) is 17.9. The van der Waals surface area contributed by atoms with Gasteiger partial charge in [-0.25, -0.2) is 18.4 Å². The van der Waals surface area contributed by atoms with E-state index in [1.54, 1.807) is 6.07 Å². The molecule has 0 spiro atoms. The maximum atomic E-state index is 14.1. The number of nitrogens with zero attached hydrogens (tertiary/aromatic N) is 5. The summed E-state index contributed by atoms with van der Waals surface area (Å²) in [4.78, 5) is 18.3. The number of amides is 1. The van der Waals surface area contributed by atoms with E-state index in [1.807, 2.05) is 0 Å². The first-order valence-electron chi connectivity index (χ1n) is 10.1. The minimum Gasteiger partial charge on any atom is -0.480 e. The van der Waals surface area contributed by atoms with Crippen molar-refractivity contribution in [2.75, 3.05) is 6.54 Å². The maximum absolute atomic E-state index is 14.1. The fraction of sp³-hybridized carbons (Fsp3) is 0.273. The number of rotatable bonds is 4. The van der Waals surface area contributed by atoms with Crippen LogP contribution in [0, 0.1) is 23.0 Å². The van der Waals surface area contributed by atoms with Gasteiger partial charge >= 0.3 is 6.18 Å². The first-order chi connectivity index (χ1) is 16.5. The largest absolute Gasteiger partial charge is 0.480 e. The molecule has 3 aromatic rings. The van der Waals surface area contributed by atoms with Crippen molar-refractivity contribution in [3.8, 4) is 17.6 Å². The zero-order chi connectivity index (χ0) is 25.5. The lowest BCUT2D eigenvalue weighted by Crippen LogP contribution is -2.37.